The van der Waals surface area contributed by atoms with Crippen LogP contribution in [0.2, 0.25) is 0 Å². The zero-order valence-electron chi connectivity index (χ0n) is 12.0. The second kappa shape index (κ2) is 6.58. The van der Waals surface area contributed by atoms with E-state index in [0.717, 1.165) is 12.8 Å². The van der Waals surface area contributed by atoms with Gasteiger partial charge in [0.05, 0.1) is 0 Å². The van der Waals surface area contributed by atoms with Crippen LogP contribution in [-0.4, -0.2) is 12.5 Å². The van der Waals surface area contributed by atoms with E-state index < -0.39 is 0 Å². The Hall–Kier alpha value is -1.31. The van der Waals surface area contributed by atoms with E-state index in [2.05, 4.69) is 45.1 Å². The minimum absolute atomic E-state index is 0.0248. The Labute approximate surface area is 111 Å². The van der Waals surface area contributed by atoms with Crippen LogP contribution in [0.1, 0.15) is 46.1 Å². The minimum Gasteiger partial charge on any atom is -0.355 e. The highest BCUT2D eigenvalue weighted by Gasteiger charge is 2.22. The molecule has 0 saturated heterocycles. The number of hydrogen-bond donors (Lipinski definition) is 1. The molecule has 0 aliphatic carbocycles. The molecule has 0 aliphatic rings. The first-order valence-corrected chi connectivity index (χ1v) is 6.84. The SMILES string of the molecule is CCC(CC)C(=O)NCC(C)(C)c1ccccc1. The van der Waals surface area contributed by atoms with Crippen molar-refractivity contribution in [1.82, 2.24) is 5.32 Å². The minimum atomic E-state index is -0.0248. The summed E-state index contributed by atoms with van der Waals surface area (Å²) >= 11 is 0. The van der Waals surface area contributed by atoms with Crippen LogP contribution in [0.4, 0.5) is 0 Å². The Morgan fingerprint density at radius 2 is 1.72 bits per heavy atom. The third-order valence-corrected chi connectivity index (χ3v) is 3.62. The largest absolute Gasteiger partial charge is 0.355 e. The van der Waals surface area contributed by atoms with Gasteiger partial charge >= 0.3 is 0 Å². The number of rotatable bonds is 6. The Bertz CT molecular complexity index is 366. The van der Waals surface area contributed by atoms with Gasteiger partial charge in [-0.2, -0.15) is 0 Å². The van der Waals surface area contributed by atoms with Crippen molar-refractivity contribution >= 4 is 5.91 Å². The van der Waals surface area contributed by atoms with Crippen LogP contribution < -0.4 is 5.32 Å². The predicted molar refractivity (Wildman–Crippen MR) is 76.5 cm³/mol. The smallest absolute Gasteiger partial charge is 0.223 e. The first-order valence-electron chi connectivity index (χ1n) is 6.84. The Balaban J connectivity index is 2.60. The van der Waals surface area contributed by atoms with Gasteiger partial charge in [-0.25, -0.2) is 0 Å². The predicted octanol–water partition coefficient (Wildman–Crippen LogP) is 3.52. The standard InChI is InChI=1S/C16H25NO/c1-5-13(6-2)15(18)17-12-16(3,4)14-10-8-7-9-11-14/h7-11,13H,5-6,12H2,1-4H3,(H,17,18). The molecule has 0 aromatic heterocycles. The first kappa shape index (κ1) is 14.7. The van der Waals surface area contributed by atoms with Crippen molar-refractivity contribution in [2.75, 3.05) is 6.54 Å². The fraction of sp³-hybridized carbons (Fsp3) is 0.562. The van der Waals surface area contributed by atoms with E-state index in [1.807, 2.05) is 18.2 Å². The second-order valence-electron chi connectivity index (χ2n) is 5.48. The maximum absolute atomic E-state index is 12.0. The van der Waals surface area contributed by atoms with Crippen molar-refractivity contribution in [1.29, 1.82) is 0 Å². The van der Waals surface area contributed by atoms with Crippen LogP contribution in [0.3, 0.4) is 0 Å². The van der Waals surface area contributed by atoms with Crippen LogP contribution in [0, 0.1) is 5.92 Å². The van der Waals surface area contributed by atoms with Crippen LogP contribution >= 0.6 is 0 Å². The Morgan fingerprint density at radius 3 is 2.22 bits per heavy atom. The number of amides is 1. The van der Waals surface area contributed by atoms with Gasteiger partial charge in [0.1, 0.15) is 0 Å². The van der Waals surface area contributed by atoms with E-state index in [1.54, 1.807) is 0 Å². The van der Waals surface area contributed by atoms with Crippen LogP contribution in [0.15, 0.2) is 30.3 Å². The van der Waals surface area contributed by atoms with Gasteiger partial charge in [-0.3, -0.25) is 4.79 Å². The van der Waals surface area contributed by atoms with Gasteiger partial charge in [0, 0.05) is 17.9 Å². The Kier molecular flexibility index (Phi) is 5.39. The molecule has 0 spiro atoms. The van der Waals surface area contributed by atoms with E-state index in [-0.39, 0.29) is 17.2 Å². The highest BCUT2D eigenvalue weighted by molar-refractivity contribution is 5.78. The number of carbonyl (C=O) groups is 1. The van der Waals surface area contributed by atoms with Crippen LogP contribution in [-0.2, 0) is 10.2 Å². The van der Waals surface area contributed by atoms with E-state index in [9.17, 15) is 4.79 Å². The number of carbonyl (C=O) groups excluding carboxylic acids is 1. The molecule has 0 fully saturated rings. The molecule has 18 heavy (non-hydrogen) atoms. The molecule has 0 aliphatic heterocycles. The summed E-state index contributed by atoms with van der Waals surface area (Å²) in [6, 6.07) is 10.3. The van der Waals surface area contributed by atoms with Gasteiger partial charge in [0.15, 0.2) is 0 Å². The molecule has 1 aromatic carbocycles. The molecular formula is C16H25NO. The highest BCUT2D eigenvalue weighted by atomic mass is 16.1. The summed E-state index contributed by atoms with van der Waals surface area (Å²) in [4.78, 5) is 12.0. The maximum Gasteiger partial charge on any atom is 0.223 e. The summed E-state index contributed by atoms with van der Waals surface area (Å²) in [5, 5.41) is 3.08. The number of nitrogens with one attached hydrogen (secondary N) is 1. The van der Waals surface area contributed by atoms with Crippen molar-refractivity contribution in [3.63, 3.8) is 0 Å². The molecule has 2 heteroatoms. The lowest BCUT2D eigenvalue weighted by Gasteiger charge is -2.26. The molecule has 0 bridgehead atoms. The van der Waals surface area contributed by atoms with Crippen molar-refractivity contribution in [3.05, 3.63) is 35.9 Å². The van der Waals surface area contributed by atoms with Crippen molar-refractivity contribution < 1.29 is 4.79 Å². The topological polar surface area (TPSA) is 29.1 Å². The van der Waals surface area contributed by atoms with Gasteiger partial charge in [-0.05, 0) is 18.4 Å². The lowest BCUT2D eigenvalue weighted by molar-refractivity contribution is -0.125. The molecule has 0 radical (unpaired) electrons. The molecule has 100 valence electrons. The van der Waals surface area contributed by atoms with Gasteiger partial charge in [0.2, 0.25) is 5.91 Å². The number of benzene rings is 1. The molecule has 1 rings (SSSR count). The quantitative estimate of drug-likeness (QED) is 0.819. The average molecular weight is 247 g/mol. The van der Waals surface area contributed by atoms with E-state index >= 15 is 0 Å². The maximum atomic E-state index is 12.0. The zero-order valence-corrected chi connectivity index (χ0v) is 12.0. The molecule has 1 aromatic rings. The summed E-state index contributed by atoms with van der Waals surface area (Å²) in [5.74, 6) is 0.334. The van der Waals surface area contributed by atoms with Crippen molar-refractivity contribution in [2.24, 2.45) is 5.92 Å². The van der Waals surface area contributed by atoms with Crippen molar-refractivity contribution in [2.45, 2.75) is 46.0 Å². The molecule has 0 unspecified atom stereocenters. The van der Waals surface area contributed by atoms with Gasteiger partial charge in [-0.1, -0.05) is 58.0 Å². The third kappa shape index (κ3) is 3.86. The van der Waals surface area contributed by atoms with Gasteiger partial charge in [-0.15, -0.1) is 0 Å². The summed E-state index contributed by atoms with van der Waals surface area (Å²) in [6.45, 7) is 9.14. The molecule has 0 atom stereocenters. The summed E-state index contributed by atoms with van der Waals surface area (Å²) < 4.78 is 0. The number of hydrogen-bond acceptors (Lipinski definition) is 1. The van der Waals surface area contributed by atoms with Crippen LogP contribution in [0.5, 0.6) is 0 Å². The van der Waals surface area contributed by atoms with Crippen molar-refractivity contribution in [3.8, 4) is 0 Å². The zero-order chi connectivity index (χ0) is 13.6. The first-order chi connectivity index (χ1) is 8.51. The monoisotopic (exact) mass is 247 g/mol. The lowest BCUT2D eigenvalue weighted by Crippen LogP contribution is -2.39. The lowest BCUT2D eigenvalue weighted by atomic mass is 9.84. The van der Waals surface area contributed by atoms with E-state index in [0.29, 0.717) is 6.54 Å². The molecule has 1 N–H and O–H groups in total. The van der Waals surface area contributed by atoms with E-state index in [1.165, 1.54) is 5.56 Å². The van der Waals surface area contributed by atoms with Gasteiger partial charge in [0.25, 0.3) is 0 Å². The Morgan fingerprint density at radius 1 is 1.17 bits per heavy atom. The average Bonchev–Trinajstić information content (AvgIpc) is 2.39. The molecular weight excluding hydrogens is 222 g/mol. The molecule has 2 nitrogen and oxygen atoms in total. The molecule has 0 heterocycles. The second-order valence-corrected chi connectivity index (χ2v) is 5.48. The normalized spacial score (nSPS) is 11.6. The summed E-state index contributed by atoms with van der Waals surface area (Å²) in [5.41, 5.74) is 1.23. The summed E-state index contributed by atoms with van der Waals surface area (Å²) in [7, 11) is 0. The molecule has 0 saturated carbocycles. The van der Waals surface area contributed by atoms with Crippen LogP contribution in [0.25, 0.3) is 0 Å². The fourth-order valence-corrected chi connectivity index (χ4v) is 2.10. The fourth-order valence-electron chi connectivity index (χ4n) is 2.10. The summed E-state index contributed by atoms with van der Waals surface area (Å²) in [6.07, 6.45) is 1.82. The third-order valence-electron chi connectivity index (χ3n) is 3.62. The van der Waals surface area contributed by atoms with E-state index in [4.69, 9.17) is 0 Å². The molecule has 1 amide bonds. The highest BCUT2D eigenvalue weighted by Crippen LogP contribution is 2.22. The van der Waals surface area contributed by atoms with Gasteiger partial charge < -0.3 is 5.32 Å².